The van der Waals surface area contributed by atoms with Crippen molar-refractivity contribution >= 4 is 28.9 Å². The number of hydrogen-bond donors (Lipinski definition) is 2. The highest BCUT2D eigenvalue weighted by molar-refractivity contribution is 7.12. The van der Waals surface area contributed by atoms with E-state index in [1.807, 2.05) is 24.3 Å². The molecule has 0 aliphatic carbocycles. The van der Waals surface area contributed by atoms with Crippen LogP contribution in [0.3, 0.4) is 0 Å². The van der Waals surface area contributed by atoms with E-state index in [0.717, 1.165) is 27.2 Å². The molecule has 118 valence electrons. The van der Waals surface area contributed by atoms with Crippen LogP contribution in [0.15, 0.2) is 29.3 Å². The van der Waals surface area contributed by atoms with Gasteiger partial charge in [-0.05, 0) is 32.9 Å². The molecular weight excluding hydrogens is 316 g/mol. The van der Waals surface area contributed by atoms with Gasteiger partial charge in [0.05, 0.1) is 12.2 Å². The van der Waals surface area contributed by atoms with Crippen LogP contribution >= 0.6 is 22.9 Å². The molecule has 0 spiro atoms. The van der Waals surface area contributed by atoms with Gasteiger partial charge in [-0.3, -0.25) is 4.99 Å². The lowest BCUT2D eigenvalue weighted by Gasteiger charge is -2.13. The number of nitrogens with zero attached hydrogens (tertiary/aromatic N) is 2. The molecule has 0 aliphatic rings. The molecule has 4 nitrogen and oxygen atoms in total. The Morgan fingerprint density at radius 2 is 2.00 bits per heavy atom. The molecule has 0 fully saturated rings. The first-order valence-electron chi connectivity index (χ1n) is 7.19. The summed E-state index contributed by atoms with van der Waals surface area (Å²) < 4.78 is 0. The maximum absolute atomic E-state index is 5.94. The largest absolute Gasteiger partial charge is 0.354 e. The predicted octanol–water partition coefficient (Wildman–Crippen LogP) is 3.85. The van der Waals surface area contributed by atoms with Crippen molar-refractivity contribution in [2.45, 2.75) is 33.4 Å². The Morgan fingerprint density at radius 3 is 2.59 bits per heavy atom. The summed E-state index contributed by atoms with van der Waals surface area (Å²) in [5.74, 6) is 0.788. The summed E-state index contributed by atoms with van der Waals surface area (Å²) in [6.45, 7) is 6.91. The van der Waals surface area contributed by atoms with Crippen molar-refractivity contribution in [3.63, 3.8) is 0 Å². The summed E-state index contributed by atoms with van der Waals surface area (Å²) in [5, 5.41) is 8.32. The van der Waals surface area contributed by atoms with Crippen LogP contribution in [0, 0.1) is 6.92 Å². The minimum atomic E-state index is 0.342. The van der Waals surface area contributed by atoms with E-state index in [0.29, 0.717) is 12.6 Å². The number of hydrogen-bond acceptors (Lipinski definition) is 3. The van der Waals surface area contributed by atoms with E-state index in [1.165, 1.54) is 4.88 Å². The van der Waals surface area contributed by atoms with Gasteiger partial charge in [-0.25, -0.2) is 4.98 Å². The first-order chi connectivity index (χ1) is 10.5. The summed E-state index contributed by atoms with van der Waals surface area (Å²) in [4.78, 5) is 10.1. The van der Waals surface area contributed by atoms with Crippen LogP contribution in [-0.2, 0) is 6.54 Å². The highest BCUT2D eigenvalue weighted by atomic mass is 35.5. The lowest BCUT2D eigenvalue weighted by molar-refractivity contribution is 0.699. The first-order valence-corrected chi connectivity index (χ1v) is 8.38. The van der Waals surface area contributed by atoms with Gasteiger partial charge in [-0.15, -0.1) is 11.3 Å². The second-order valence-corrected chi connectivity index (χ2v) is 6.97. The van der Waals surface area contributed by atoms with Gasteiger partial charge < -0.3 is 10.6 Å². The summed E-state index contributed by atoms with van der Waals surface area (Å²) in [6, 6.07) is 8.12. The zero-order valence-corrected chi connectivity index (χ0v) is 14.8. The van der Waals surface area contributed by atoms with Crippen molar-refractivity contribution in [3.05, 3.63) is 39.2 Å². The highest BCUT2D eigenvalue weighted by Gasteiger charge is 2.10. The SMILES string of the molecule is CN=C(NCc1nc(-c2ccc(Cl)cc2)c(C)s1)NC(C)C. The van der Waals surface area contributed by atoms with Gasteiger partial charge in [0.25, 0.3) is 0 Å². The lowest BCUT2D eigenvalue weighted by atomic mass is 10.1. The van der Waals surface area contributed by atoms with Gasteiger partial charge in [0.2, 0.25) is 0 Å². The van der Waals surface area contributed by atoms with E-state index in [9.17, 15) is 0 Å². The van der Waals surface area contributed by atoms with Crippen LogP contribution in [0.2, 0.25) is 5.02 Å². The average molecular weight is 337 g/mol. The molecule has 0 atom stereocenters. The molecule has 22 heavy (non-hydrogen) atoms. The minimum Gasteiger partial charge on any atom is -0.354 e. The molecule has 0 bridgehead atoms. The highest BCUT2D eigenvalue weighted by Crippen LogP contribution is 2.28. The molecule has 0 unspecified atom stereocenters. The number of aromatic nitrogens is 1. The number of guanidine groups is 1. The number of benzene rings is 1. The zero-order chi connectivity index (χ0) is 16.1. The fraction of sp³-hybridized carbons (Fsp3) is 0.375. The second-order valence-electron chi connectivity index (χ2n) is 5.24. The zero-order valence-electron chi connectivity index (χ0n) is 13.3. The van der Waals surface area contributed by atoms with Crippen molar-refractivity contribution in [2.75, 3.05) is 7.05 Å². The molecule has 0 saturated heterocycles. The molecule has 1 heterocycles. The maximum Gasteiger partial charge on any atom is 0.191 e. The van der Waals surface area contributed by atoms with Crippen molar-refractivity contribution in [2.24, 2.45) is 4.99 Å². The van der Waals surface area contributed by atoms with Gasteiger partial charge in [0, 0.05) is 28.6 Å². The Morgan fingerprint density at radius 1 is 1.32 bits per heavy atom. The van der Waals surface area contributed by atoms with Crippen LogP contribution in [0.1, 0.15) is 23.7 Å². The van der Waals surface area contributed by atoms with Crippen molar-refractivity contribution in [1.29, 1.82) is 0 Å². The van der Waals surface area contributed by atoms with Crippen LogP contribution in [0.4, 0.5) is 0 Å². The molecule has 0 amide bonds. The summed E-state index contributed by atoms with van der Waals surface area (Å²) >= 11 is 7.63. The Kier molecular flexibility index (Phi) is 5.80. The van der Waals surface area contributed by atoms with Crippen LogP contribution in [0.5, 0.6) is 0 Å². The third kappa shape index (κ3) is 4.45. The molecule has 0 saturated carbocycles. The molecule has 2 rings (SSSR count). The number of thiazole rings is 1. The smallest absolute Gasteiger partial charge is 0.191 e. The first kappa shape index (κ1) is 16.8. The number of nitrogens with one attached hydrogen (secondary N) is 2. The summed E-state index contributed by atoms with van der Waals surface area (Å²) in [5.41, 5.74) is 2.11. The van der Waals surface area contributed by atoms with Gasteiger partial charge in [-0.2, -0.15) is 0 Å². The number of aryl methyl sites for hydroxylation is 1. The predicted molar refractivity (Wildman–Crippen MR) is 95.8 cm³/mol. The fourth-order valence-corrected chi connectivity index (χ4v) is 3.05. The Bertz CT molecular complexity index is 647. The third-order valence-electron chi connectivity index (χ3n) is 3.01. The van der Waals surface area contributed by atoms with Gasteiger partial charge in [-0.1, -0.05) is 23.7 Å². The van der Waals surface area contributed by atoms with Crippen LogP contribution in [0.25, 0.3) is 11.3 Å². The fourth-order valence-electron chi connectivity index (χ4n) is 2.03. The van der Waals surface area contributed by atoms with Gasteiger partial charge in [0.1, 0.15) is 5.01 Å². The minimum absolute atomic E-state index is 0.342. The van der Waals surface area contributed by atoms with Crippen molar-refractivity contribution in [3.8, 4) is 11.3 Å². The lowest BCUT2D eigenvalue weighted by Crippen LogP contribution is -2.40. The molecule has 0 aliphatic heterocycles. The third-order valence-corrected chi connectivity index (χ3v) is 4.24. The average Bonchev–Trinajstić information content (AvgIpc) is 2.85. The summed E-state index contributed by atoms with van der Waals surface area (Å²) in [6.07, 6.45) is 0. The van der Waals surface area contributed by atoms with E-state index >= 15 is 0 Å². The molecular formula is C16H21ClN4S. The van der Waals surface area contributed by atoms with E-state index in [2.05, 4.69) is 36.4 Å². The van der Waals surface area contributed by atoms with E-state index in [-0.39, 0.29) is 0 Å². The monoisotopic (exact) mass is 336 g/mol. The Hall–Kier alpha value is -1.59. The molecule has 1 aromatic heterocycles. The maximum atomic E-state index is 5.94. The molecule has 0 radical (unpaired) electrons. The quantitative estimate of drug-likeness (QED) is 0.658. The van der Waals surface area contributed by atoms with Crippen LogP contribution < -0.4 is 10.6 Å². The van der Waals surface area contributed by atoms with Crippen molar-refractivity contribution in [1.82, 2.24) is 15.6 Å². The molecule has 6 heteroatoms. The van der Waals surface area contributed by atoms with Gasteiger partial charge >= 0.3 is 0 Å². The standard InChI is InChI=1S/C16H21ClN4S/c1-10(2)20-16(18-4)19-9-14-21-15(11(3)22-14)12-5-7-13(17)8-6-12/h5-8,10H,9H2,1-4H3,(H2,18,19,20). The summed E-state index contributed by atoms with van der Waals surface area (Å²) in [7, 11) is 1.77. The second kappa shape index (κ2) is 7.61. The van der Waals surface area contributed by atoms with E-state index in [1.54, 1.807) is 18.4 Å². The molecule has 2 N–H and O–H groups in total. The molecule has 1 aromatic carbocycles. The van der Waals surface area contributed by atoms with Crippen molar-refractivity contribution < 1.29 is 0 Å². The topological polar surface area (TPSA) is 49.3 Å². The molecule has 2 aromatic rings. The van der Waals surface area contributed by atoms with Crippen LogP contribution in [-0.4, -0.2) is 24.0 Å². The normalized spacial score (nSPS) is 11.8. The number of rotatable bonds is 4. The Labute approximate surface area is 140 Å². The number of halogens is 1. The van der Waals surface area contributed by atoms with E-state index in [4.69, 9.17) is 16.6 Å². The van der Waals surface area contributed by atoms with E-state index < -0.39 is 0 Å². The number of aliphatic imine (C=N–C) groups is 1. The van der Waals surface area contributed by atoms with Gasteiger partial charge in [0.15, 0.2) is 5.96 Å². The Balaban J connectivity index is 2.08.